The first kappa shape index (κ1) is 11.9. The van der Waals surface area contributed by atoms with Crippen molar-refractivity contribution in [3.05, 3.63) is 29.0 Å². The molecule has 1 amide bonds. The first-order valence-electron chi connectivity index (χ1n) is 4.60. The Balaban J connectivity index is 2.62. The summed E-state index contributed by atoms with van der Waals surface area (Å²) in [6.07, 6.45) is 1.69. The van der Waals surface area contributed by atoms with Crippen molar-refractivity contribution >= 4 is 17.5 Å². The smallest absolute Gasteiger partial charge is 0.234 e. The quantitative estimate of drug-likeness (QED) is 0.782. The molecule has 2 N–H and O–H groups in total. The molecule has 1 heterocycles. The molecule has 4 nitrogen and oxygen atoms in total. The summed E-state index contributed by atoms with van der Waals surface area (Å²) in [7, 11) is 1.84. The predicted octanol–water partition coefficient (Wildman–Crippen LogP) is 1.04. The van der Waals surface area contributed by atoms with Gasteiger partial charge in [-0.25, -0.2) is 4.98 Å². The predicted molar refractivity (Wildman–Crippen MR) is 59.4 cm³/mol. The van der Waals surface area contributed by atoms with Gasteiger partial charge >= 0.3 is 0 Å². The molecule has 15 heavy (non-hydrogen) atoms. The fourth-order valence-electron chi connectivity index (χ4n) is 1.14. The molecule has 0 aliphatic carbocycles. The molecule has 0 saturated heterocycles. The summed E-state index contributed by atoms with van der Waals surface area (Å²) < 4.78 is 0. The van der Waals surface area contributed by atoms with Gasteiger partial charge < -0.3 is 5.73 Å². The molecule has 1 aromatic heterocycles. The van der Waals surface area contributed by atoms with E-state index in [-0.39, 0.29) is 11.9 Å². The van der Waals surface area contributed by atoms with Gasteiger partial charge in [0.25, 0.3) is 0 Å². The van der Waals surface area contributed by atoms with Gasteiger partial charge in [-0.3, -0.25) is 9.69 Å². The maximum Gasteiger partial charge on any atom is 0.234 e. The van der Waals surface area contributed by atoms with Crippen molar-refractivity contribution in [2.75, 3.05) is 7.05 Å². The lowest BCUT2D eigenvalue weighted by atomic mass is 10.2. The molecule has 1 unspecified atom stereocenters. The van der Waals surface area contributed by atoms with Gasteiger partial charge in [-0.1, -0.05) is 17.7 Å². The summed E-state index contributed by atoms with van der Waals surface area (Å²) >= 11 is 5.66. The minimum absolute atomic E-state index is 0.291. The minimum atomic E-state index is -0.334. The molecular weight excluding hydrogens is 214 g/mol. The summed E-state index contributed by atoms with van der Waals surface area (Å²) in [5, 5.41) is 0.462. The number of likely N-dealkylation sites (N-methyl/N-ethyl adjacent to an activating group) is 1. The Bertz CT molecular complexity index is 339. The molecule has 0 radical (unpaired) electrons. The standard InChI is InChI=1S/C10H14ClN3O/c1-7(10(12)15)14(2)6-8-3-4-9(11)13-5-8/h3-5,7H,6H2,1-2H3,(H2,12,15). The molecule has 0 fully saturated rings. The molecule has 1 aromatic rings. The van der Waals surface area contributed by atoms with Crippen molar-refractivity contribution in [1.29, 1.82) is 0 Å². The van der Waals surface area contributed by atoms with Gasteiger partial charge in [-0.05, 0) is 25.6 Å². The zero-order valence-electron chi connectivity index (χ0n) is 8.77. The number of hydrogen-bond acceptors (Lipinski definition) is 3. The fraction of sp³-hybridized carbons (Fsp3) is 0.400. The number of nitrogens with two attached hydrogens (primary N) is 1. The van der Waals surface area contributed by atoms with Crippen LogP contribution >= 0.6 is 11.6 Å². The first-order valence-corrected chi connectivity index (χ1v) is 4.98. The van der Waals surface area contributed by atoms with Crippen LogP contribution in [0.1, 0.15) is 12.5 Å². The molecule has 0 spiro atoms. The third kappa shape index (κ3) is 3.49. The van der Waals surface area contributed by atoms with Crippen LogP contribution in [0.5, 0.6) is 0 Å². The van der Waals surface area contributed by atoms with Crippen molar-refractivity contribution in [2.45, 2.75) is 19.5 Å². The van der Waals surface area contributed by atoms with E-state index >= 15 is 0 Å². The molecule has 0 aliphatic heterocycles. The highest BCUT2D eigenvalue weighted by Gasteiger charge is 2.14. The monoisotopic (exact) mass is 227 g/mol. The van der Waals surface area contributed by atoms with Crippen LogP contribution in [-0.4, -0.2) is 28.9 Å². The molecule has 0 saturated carbocycles. The summed E-state index contributed by atoms with van der Waals surface area (Å²) in [5.41, 5.74) is 6.19. The van der Waals surface area contributed by atoms with Crippen molar-refractivity contribution in [2.24, 2.45) is 5.73 Å². The Morgan fingerprint density at radius 2 is 2.33 bits per heavy atom. The van der Waals surface area contributed by atoms with E-state index in [9.17, 15) is 4.79 Å². The van der Waals surface area contributed by atoms with E-state index in [2.05, 4.69) is 4.98 Å². The lowest BCUT2D eigenvalue weighted by Crippen LogP contribution is -2.39. The van der Waals surface area contributed by atoms with Crippen molar-refractivity contribution in [1.82, 2.24) is 9.88 Å². The topological polar surface area (TPSA) is 59.2 Å². The van der Waals surface area contributed by atoms with E-state index in [0.717, 1.165) is 5.56 Å². The molecule has 1 rings (SSSR count). The fourth-order valence-corrected chi connectivity index (χ4v) is 1.25. The van der Waals surface area contributed by atoms with E-state index in [1.165, 1.54) is 0 Å². The summed E-state index contributed by atoms with van der Waals surface area (Å²) in [4.78, 5) is 16.7. The average molecular weight is 228 g/mol. The molecule has 0 aromatic carbocycles. The van der Waals surface area contributed by atoms with Crippen LogP contribution in [-0.2, 0) is 11.3 Å². The average Bonchev–Trinajstić information content (AvgIpc) is 2.20. The molecule has 5 heteroatoms. The summed E-state index contributed by atoms with van der Waals surface area (Å²) in [6.45, 7) is 2.39. The Morgan fingerprint density at radius 1 is 1.67 bits per heavy atom. The molecular formula is C10H14ClN3O. The van der Waals surface area contributed by atoms with E-state index < -0.39 is 0 Å². The lowest BCUT2D eigenvalue weighted by molar-refractivity contribution is -0.122. The number of nitrogens with zero attached hydrogens (tertiary/aromatic N) is 2. The maximum atomic E-state index is 10.9. The number of carbonyl (C=O) groups excluding carboxylic acids is 1. The van der Waals surface area contributed by atoms with Gasteiger partial charge in [-0.15, -0.1) is 0 Å². The zero-order chi connectivity index (χ0) is 11.4. The third-order valence-electron chi connectivity index (χ3n) is 2.29. The lowest BCUT2D eigenvalue weighted by Gasteiger charge is -2.21. The Labute approximate surface area is 94.0 Å². The Hall–Kier alpha value is -1.13. The number of amides is 1. The van der Waals surface area contributed by atoms with Crippen molar-refractivity contribution < 1.29 is 4.79 Å². The highest BCUT2D eigenvalue weighted by Crippen LogP contribution is 2.08. The number of carbonyl (C=O) groups is 1. The van der Waals surface area contributed by atoms with E-state index in [1.807, 2.05) is 18.0 Å². The van der Waals surface area contributed by atoms with Gasteiger partial charge in [0, 0.05) is 12.7 Å². The second-order valence-corrected chi connectivity index (χ2v) is 3.87. The van der Waals surface area contributed by atoms with Crippen LogP contribution in [0.25, 0.3) is 0 Å². The van der Waals surface area contributed by atoms with E-state index in [1.54, 1.807) is 19.2 Å². The van der Waals surface area contributed by atoms with Gasteiger partial charge in [0.2, 0.25) is 5.91 Å². The Morgan fingerprint density at radius 3 is 2.80 bits per heavy atom. The van der Waals surface area contributed by atoms with Crippen LogP contribution in [0, 0.1) is 0 Å². The second-order valence-electron chi connectivity index (χ2n) is 3.48. The zero-order valence-corrected chi connectivity index (χ0v) is 9.53. The van der Waals surface area contributed by atoms with Crippen LogP contribution in [0.4, 0.5) is 0 Å². The number of hydrogen-bond donors (Lipinski definition) is 1. The normalized spacial score (nSPS) is 12.8. The van der Waals surface area contributed by atoms with Gasteiger partial charge in [0.1, 0.15) is 5.15 Å². The number of rotatable bonds is 4. The number of halogens is 1. The Kier molecular flexibility index (Phi) is 4.05. The number of primary amides is 1. The third-order valence-corrected chi connectivity index (χ3v) is 2.52. The molecule has 82 valence electrons. The first-order chi connectivity index (χ1) is 7.00. The van der Waals surface area contributed by atoms with E-state index in [0.29, 0.717) is 11.7 Å². The second kappa shape index (κ2) is 5.09. The van der Waals surface area contributed by atoms with Crippen molar-refractivity contribution in [3.8, 4) is 0 Å². The molecule has 0 bridgehead atoms. The largest absolute Gasteiger partial charge is 0.368 e. The van der Waals surface area contributed by atoms with Crippen LogP contribution < -0.4 is 5.73 Å². The van der Waals surface area contributed by atoms with Crippen LogP contribution in [0.3, 0.4) is 0 Å². The highest BCUT2D eigenvalue weighted by atomic mass is 35.5. The van der Waals surface area contributed by atoms with Gasteiger partial charge in [-0.2, -0.15) is 0 Å². The minimum Gasteiger partial charge on any atom is -0.368 e. The summed E-state index contributed by atoms with van der Waals surface area (Å²) in [5.74, 6) is -0.334. The van der Waals surface area contributed by atoms with Gasteiger partial charge in [0.15, 0.2) is 0 Å². The highest BCUT2D eigenvalue weighted by molar-refractivity contribution is 6.29. The van der Waals surface area contributed by atoms with Crippen LogP contribution in [0.15, 0.2) is 18.3 Å². The molecule has 1 atom stereocenters. The summed E-state index contributed by atoms with van der Waals surface area (Å²) in [6, 6.07) is 3.31. The van der Waals surface area contributed by atoms with Crippen LogP contribution in [0.2, 0.25) is 5.15 Å². The SMILES string of the molecule is CC(C(N)=O)N(C)Cc1ccc(Cl)nc1. The maximum absolute atomic E-state index is 10.9. The van der Waals surface area contributed by atoms with E-state index in [4.69, 9.17) is 17.3 Å². The number of pyridine rings is 1. The number of aromatic nitrogens is 1. The van der Waals surface area contributed by atoms with Crippen molar-refractivity contribution in [3.63, 3.8) is 0 Å². The molecule has 0 aliphatic rings. The van der Waals surface area contributed by atoms with Gasteiger partial charge in [0.05, 0.1) is 6.04 Å².